The van der Waals surface area contributed by atoms with Crippen molar-refractivity contribution >= 4 is 22.5 Å². The highest BCUT2D eigenvalue weighted by Gasteiger charge is 2.17. The molecule has 184 valence electrons. The third-order valence-corrected chi connectivity index (χ3v) is 5.81. The van der Waals surface area contributed by atoms with Crippen LogP contribution in [0.4, 0.5) is 16.0 Å². The molecule has 5 rings (SSSR count). The summed E-state index contributed by atoms with van der Waals surface area (Å²) in [5.74, 6) is -0.663. The summed E-state index contributed by atoms with van der Waals surface area (Å²) in [4.78, 5) is 34.9. The van der Waals surface area contributed by atoms with Crippen molar-refractivity contribution in [2.24, 2.45) is 0 Å². The number of fused-ring (bicyclic) bond motifs is 1. The molecule has 5 aromatic rings. The van der Waals surface area contributed by atoms with Gasteiger partial charge in [0.2, 0.25) is 5.95 Å². The van der Waals surface area contributed by atoms with Gasteiger partial charge < -0.3 is 5.32 Å². The third-order valence-electron chi connectivity index (χ3n) is 5.81. The van der Waals surface area contributed by atoms with Crippen molar-refractivity contribution in [2.45, 2.75) is 26.9 Å². The molecule has 0 saturated heterocycles. The number of anilines is 2. The van der Waals surface area contributed by atoms with Gasteiger partial charge in [-0.15, -0.1) is 0 Å². The van der Waals surface area contributed by atoms with Gasteiger partial charge in [0.05, 0.1) is 29.5 Å². The van der Waals surface area contributed by atoms with Gasteiger partial charge in [0.25, 0.3) is 0 Å². The topological polar surface area (TPSA) is 123 Å². The zero-order valence-electron chi connectivity index (χ0n) is 20.0. The Morgan fingerprint density at radius 2 is 1.95 bits per heavy atom. The maximum atomic E-state index is 13.9. The molecule has 0 spiro atoms. The summed E-state index contributed by atoms with van der Waals surface area (Å²) < 4.78 is 17.9. The van der Waals surface area contributed by atoms with Crippen molar-refractivity contribution in [3.63, 3.8) is 0 Å². The minimum atomic E-state index is -0.784. The normalized spacial score (nSPS) is 11.0. The van der Waals surface area contributed by atoms with E-state index in [1.54, 1.807) is 36.0 Å². The Morgan fingerprint density at radius 3 is 2.70 bits per heavy atom. The zero-order chi connectivity index (χ0) is 26.1. The fourth-order valence-electron chi connectivity index (χ4n) is 4.00. The first-order valence-electron chi connectivity index (χ1n) is 11.4. The molecule has 37 heavy (non-hydrogen) atoms. The molecule has 3 aromatic heterocycles. The molecule has 10 nitrogen and oxygen atoms in total. The molecule has 0 bridgehead atoms. The van der Waals surface area contributed by atoms with E-state index in [0.29, 0.717) is 17.8 Å². The number of nitrogens with one attached hydrogen (secondary N) is 1. The van der Waals surface area contributed by atoms with Gasteiger partial charge in [0, 0.05) is 30.0 Å². The average molecular weight is 497 g/mol. The monoisotopic (exact) mass is 496 g/mol. The molecule has 0 fully saturated rings. The predicted octanol–water partition coefficient (Wildman–Crippen LogP) is 3.27. The van der Waals surface area contributed by atoms with E-state index in [4.69, 9.17) is 0 Å². The molecule has 0 aliphatic rings. The Labute approximate surface area is 209 Å². The van der Waals surface area contributed by atoms with E-state index >= 15 is 0 Å². The highest BCUT2D eigenvalue weighted by atomic mass is 19.1. The molecule has 0 atom stereocenters. The van der Waals surface area contributed by atoms with Crippen LogP contribution in [0.3, 0.4) is 0 Å². The second-order valence-corrected chi connectivity index (χ2v) is 8.45. The van der Waals surface area contributed by atoms with Gasteiger partial charge in [-0.2, -0.15) is 15.3 Å². The number of halogens is 1. The summed E-state index contributed by atoms with van der Waals surface area (Å²) in [6.45, 7) is 4.42. The quantitative estimate of drug-likeness (QED) is 0.383. The summed E-state index contributed by atoms with van der Waals surface area (Å²) in [6, 6.07) is 12.9. The lowest BCUT2D eigenvalue weighted by atomic mass is 10.1. The first-order valence-corrected chi connectivity index (χ1v) is 11.4. The maximum absolute atomic E-state index is 13.9. The number of hydrogen-bond acceptors (Lipinski definition) is 7. The lowest BCUT2D eigenvalue weighted by Crippen LogP contribution is -2.41. The Morgan fingerprint density at radius 1 is 1.11 bits per heavy atom. The van der Waals surface area contributed by atoms with E-state index in [9.17, 15) is 19.2 Å². The van der Waals surface area contributed by atoms with Gasteiger partial charge in [0.1, 0.15) is 11.9 Å². The lowest BCUT2D eigenvalue weighted by molar-refractivity contribution is 0.620. The van der Waals surface area contributed by atoms with Crippen molar-refractivity contribution in [1.82, 2.24) is 28.9 Å². The van der Waals surface area contributed by atoms with Crippen LogP contribution in [0, 0.1) is 24.1 Å². The maximum Gasteiger partial charge on any atom is 0.359 e. The minimum Gasteiger partial charge on any atom is -0.325 e. The van der Waals surface area contributed by atoms with E-state index < -0.39 is 17.2 Å². The highest BCUT2D eigenvalue weighted by molar-refractivity contribution is 5.82. The van der Waals surface area contributed by atoms with Gasteiger partial charge in [-0.1, -0.05) is 6.07 Å². The lowest BCUT2D eigenvalue weighted by Gasteiger charge is -2.16. The number of benzene rings is 2. The first-order chi connectivity index (χ1) is 17.9. The molecule has 0 aliphatic carbocycles. The predicted molar refractivity (Wildman–Crippen MR) is 136 cm³/mol. The number of rotatable bonds is 6. The van der Waals surface area contributed by atoms with Crippen LogP contribution < -0.4 is 16.7 Å². The number of hydrogen-bond donors (Lipinski definition) is 1. The Bertz CT molecular complexity index is 1810. The molecule has 0 radical (unpaired) electrons. The second kappa shape index (κ2) is 9.50. The molecular formula is C26H21FN8O2. The van der Waals surface area contributed by atoms with E-state index in [2.05, 4.69) is 20.4 Å². The first kappa shape index (κ1) is 23.6. The molecular weight excluding hydrogens is 475 g/mol. The van der Waals surface area contributed by atoms with Crippen molar-refractivity contribution in [3.05, 3.63) is 105 Å². The molecule has 2 aromatic carbocycles. The fourth-order valence-corrected chi connectivity index (χ4v) is 4.00. The van der Waals surface area contributed by atoms with E-state index in [-0.39, 0.29) is 23.7 Å². The van der Waals surface area contributed by atoms with Crippen LogP contribution in [-0.2, 0) is 13.1 Å². The van der Waals surface area contributed by atoms with Crippen molar-refractivity contribution in [3.8, 4) is 11.8 Å². The van der Waals surface area contributed by atoms with Crippen LogP contribution in [0.15, 0.2) is 70.6 Å². The summed E-state index contributed by atoms with van der Waals surface area (Å²) in [5, 5.41) is 17.6. The van der Waals surface area contributed by atoms with E-state index in [1.807, 2.05) is 25.3 Å². The van der Waals surface area contributed by atoms with E-state index in [1.165, 1.54) is 29.0 Å². The summed E-state index contributed by atoms with van der Waals surface area (Å²) in [6.07, 6.45) is 4.90. The molecule has 3 heterocycles. The van der Waals surface area contributed by atoms with Gasteiger partial charge in [-0.25, -0.2) is 18.5 Å². The highest BCUT2D eigenvalue weighted by Crippen LogP contribution is 2.21. The van der Waals surface area contributed by atoms with Crippen LogP contribution in [0.1, 0.15) is 23.6 Å². The zero-order valence-corrected chi connectivity index (χ0v) is 20.0. The summed E-state index contributed by atoms with van der Waals surface area (Å²) in [7, 11) is 0. The van der Waals surface area contributed by atoms with Crippen molar-refractivity contribution in [1.29, 1.82) is 5.26 Å². The SMILES string of the molecule is CCn1cc2cc(Nc3nc(=O)n(-c4cncc(C)c4)c(=O)n3Cc3ccc(F)c(C#N)c3)ccc2n1. The van der Waals surface area contributed by atoms with Gasteiger partial charge in [-0.05, 0) is 61.4 Å². The van der Waals surface area contributed by atoms with E-state index in [0.717, 1.165) is 21.0 Å². The average Bonchev–Trinajstić information content (AvgIpc) is 3.30. The van der Waals surface area contributed by atoms with Crippen LogP contribution >= 0.6 is 0 Å². The summed E-state index contributed by atoms with van der Waals surface area (Å²) >= 11 is 0. The number of pyridine rings is 1. The Balaban J connectivity index is 1.65. The second-order valence-electron chi connectivity index (χ2n) is 8.45. The standard InChI is InChI=1S/C26H21FN8O2/c1-3-33-15-19-10-20(5-7-23(19)32-33)30-24-31-25(36)35(21-8-16(2)12-29-13-21)26(37)34(24)14-17-4-6-22(27)18(9-17)11-28/h4-10,12-13,15H,3,14H2,1-2H3,(H,30,31,36). The number of aromatic nitrogens is 6. The third kappa shape index (κ3) is 4.60. The number of nitriles is 1. The van der Waals surface area contributed by atoms with Crippen LogP contribution in [0.5, 0.6) is 0 Å². The van der Waals surface area contributed by atoms with Crippen LogP contribution in [-0.4, -0.2) is 28.9 Å². The largest absolute Gasteiger partial charge is 0.359 e. The molecule has 0 saturated carbocycles. The van der Waals surface area contributed by atoms with Gasteiger partial charge in [-0.3, -0.25) is 14.2 Å². The minimum absolute atomic E-state index is 0.00284. The molecule has 0 aliphatic heterocycles. The van der Waals surface area contributed by atoms with Crippen molar-refractivity contribution in [2.75, 3.05) is 5.32 Å². The Hall–Kier alpha value is -5.11. The molecule has 1 N–H and O–H groups in total. The van der Waals surface area contributed by atoms with Crippen molar-refractivity contribution < 1.29 is 4.39 Å². The number of aryl methyl sites for hydroxylation is 2. The molecule has 0 unspecified atom stereocenters. The fraction of sp³-hybridized carbons (Fsp3) is 0.154. The number of nitrogens with zero attached hydrogens (tertiary/aromatic N) is 7. The van der Waals surface area contributed by atoms with Crippen LogP contribution in [0.25, 0.3) is 16.6 Å². The Kier molecular flexibility index (Phi) is 6.07. The smallest absolute Gasteiger partial charge is 0.325 e. The molecule has 11 heteroatoms. The summed E-state index contributed by atoms with van der Waals surface area (Å²) in [5.41, 5.74) is 1.30. The molecule has 0 amide bonds. The van der Waals surface area contributed by atoms with Gasteiger partial charge >= 0.3 is 11.4 Å². The van der Waals surface area contributed by atoms with Crippen LogP contribution in [0.2, 0.25) is 0 Å². The van der Waals surface area contributed by atoms with Gasteiger partial charge in [0.15, 0.2) is 0 Å².